The van der Waals surface area contributed by atoms with E-state index in [4.69, 9.17) is 0 Å². The van der Waals surface area contributed by atoms with E-state index in [0.717, 1.165) is 18.1 Å². The fourth-order valence-electron chi connectivity index (χ4n) is 2.41. The van der Waals surface area contributed by atoms with E-state index in [1.807, 2.05) is 6.07 Å². The van der Waals surface area contributed by atoms with Crippen LogP contribution in [0.1, 0.15) is 22.3 Å². The van der Waals surface area contributed by atoms with Crippen LogP contribution in [-0.4, -0.2) is 9.97 Å². The third-order valence-electron chi connectivity index (χ3n) is 3.89. The lowest BCUT2D eigenvalue weighted by atomic mass is 10.1. The summed E-state index contributed by atoms with van der Waals surface area (Å²) in [6, 6.07) is 16.7. The number of rotatable bonds is 5. The average molecular weight is 318 g/mol. The van der Waals surface area contributed by atoms with E-state index in [0.29, 0.717) is 5.95 Å². The minimum Gasteiger partial charge on any atom is -0.366 e. The molecule has 0 bridgehead atoms. The molecule has 0 aliphatic rings. The molecule has 1 aromatic heterocycles. The van der Waals surface area contributed by atoms with Crippen LogP contribution >= 0.6 is 0 Å². The summed E-state index contributed by atoms with van der Waals surface area (Å²) in [6.45, 7) is 6.97. The maximum Gasteiger partial charge on any atom is 0.229 e. The number of hydrogen-bond donors (Lipinski definition) is 2. The predicted molar refractivity (Wildman–Crippen MR) is 99.7 cm³/mol. The highest BCUT2D eigenvalue weighted by Crippen LogP contribution is 2.20. The molecule has 0 unspecified atom stereocenters. The normalized spacial score (nSPS) is 10.5. The molecule has 0 aliphatic carbocycles. The maximum absolute atomic E-state index is 4.54. The summed E-state index contributed by atoms with van der Waals surface area (Å²) in [6.07, 6.45) is 1.76. The van der Waals surface area contributed by atoms with Crippen molar-refractivity contribution in [2.45, 2.75) is 27.3 Å². The Kier molecular flexibility index (Phi) is 4.75. The molecule has 3 aromatic rings. The van der Waals surface area contributed by atoms with Gasteiger partial charge in [0.2, 0.25) is 5.95 Å². The number of hydrogen-bond acceptors (Lipinski definition) is 4. The van der Waals surface area contributed by atoms with Crippen LogP contribution in [0, 0.1) is 20.8 Å². The van der Waals surface area contributed by atoms with Crippen LogP contribution in [0.15, 0.2) is 54.7 Å². The first kappa shape index (κ1) is 16.0. The summed E-state index contributed by atoms with van der Waals surface area (Å²) in [7, 11) is 0. The highest BCUT2D eigenvalue weighted by molar-refractivity contribution is 5.60. The SMILES string of the molecule is Cc1ccc(CNc2ccnc(Nc3cc(C)ccc3C)n2)cc1. The van der Waals surface area contributed by atoms with Gasteiger partial charge in [-0.1, -0.05) is 42.0 Å². The van der Waals surface area contributed by atoms with Crippen molar-refractivity contribution in [3.8, 4) is 0 Å². The maximum atomic E-state index is 4.54. The van der Waals surface area contributed by atoms with E-state index >= 15 is 0 Å². The van der Waals surface area contributed by atoms with Crippen LogP contribution in [0.2, 0.25) is 0 Å². The molecule has 0 aliphatic heterocycles. The van der Waals surface area contributed by atoms with Crippen molar-refractivity contribution in [1.29, 1.82) is 0 Å². The molecule has 0 saturated heterocycles. The predicted octanol–water partition coefficient (Wildman–Crippen LogP) is 4.76. The first-order valence-electron chi connectivity index (χ1n) is 8.07. The first-order chi connectivity index (χ1) is 11.6. The molecule has 0 radical (unpaired) electrons. The Morgan fingerprint density at radius 3 is 2.42 bits per heavy atom. The average Bonchev–Trinajstić information content (AvgIpc) is 2.58. The second kappa shape index (κ2) is 7.13. The molecule has 122 valence electrons. The number of aryl methyl sites for hydroxylation is 3. The molecule has 0 amide bonds. The van der Waals surface area contributed by atoms with E-state index < -0.39 is 0 Å². The van der Waals surface area contributed by atoms with Gasteiger partial charge in [-0.15, -0.1) is 0 Å². The standard InChI is InChI=1S/C20H22N4/c1-14-5-8-17(9-6-14)13-22-19-10-11-21-20(24-19)23-18-12-15(2)4-7-16(18)3/h4-12H,13H2,1-3H3,(H2,21,22,23,24). The lowest BCUT2D eigenvalue weighted by Crippen LogP contribution is -2.04. The zero-order chi connectivity index (χ0) is 16.9. The molecule has 0 atom stereocenters. The molecule has 4 heteroatoms. The molecule has 24 heavy (non-hydrogen) atoms. The molecule has 1 heterocycles. The van der Waals surface area contributed by atoms with Crippen LogP contribution in [0.25, 0.3) is 0 Å². The number of nitrogens with zero attached hydrogens (tertiary/aromatic N) is 2. The lowest BCUT2D eigenvalue weighted by molar-refractivity contribution is 1.08. The molecule has 3 rings (SSSR count). The van der Waals surface area contributed by atoms with Gasteiger partial charge in [0, 0.05) is 18.4 Å². The lowest BCUT2D eigenvalue weighted by Gasteiger charge is -2.11. The van der Waals surface area contributed by atoms with E-state index in [9.17, 15) is 0 Å². The van der Waals surface area contributed by atoms with Crippen LogP contribution in [0.5, 0.6) is 0 Å². The van der Waals surface area contributed by atoms with Crippen molar-refractivity contribution in [2.24, 2.45) is 0 Å². The zero-order valence-corrected chi connectivity index (χ0v) is 14.3. The highest BCUT2D eigenvalue weighted by atomic mass is 15.1. The van der Waals surface area contributed by atoms with Crippen molar-refractivity contribution in [3.63, 3.8) is 0 Å². The van der Waals surface area contributed by atoms with Gasteiger partial charge in [0.05, 0.1) is 0 Å². The monoisotopic (exact) mass is 318 g/mol. The van der Waals surface area contributed by atoms with Gasteiger partial charge in [0.1, 0.15) is 5.82 Å². The number of anilines is 3. The summed E-state index contributed by atoms with van der Waals surface area (Å²) in [4.78, 5) is 8.85. The second-order valence-corrected chi connectivity index (χ2v) is 6.05. The van der Waals surface area contributed by atoms with E-state index in [-0.39, 0.29) is 0 Å². The molecule has 0 saturated carbocycles. The fourth-order valence-corrected chi connectivity index (χ4v) is 2.41. The fraction of sp³-hybridized carbons (Fsp3) is 0.200. The van der Waals surface area contributed by atoms with E-state index in [1.54, 1.807) is 6.20 Å². The topological polar surface area (TPSA) is 49.8 Å². The molecule has 2 aromatic carbocycles. The molecule has 0 fully saturated rings. The van der Waals surface area contributed by atoms with Gasteiger partial charge in [-0.2, -0.15) is 4.98 Å². The van der Waals surface area contributed by atoms with Gasteiger partial charge < -0.3 is 10.6 Å². The summed E-state index contributed by atoms with van der Waals surface area (Å²) in [5.74, 6) is 1.40. The molecular formula is C20H22N4. The minimum absolute atomic E-state index is 0.595. The third kappa shape index (κ3) is 4.10. The summed E-state index contributed by atoms with van der Waals surface area (Å²) in [5, 5.41) is 6.64. The summed E-state index contributed by atoms with van der Waals surface area (Å²) >= 11 is 0. The van der Waals surface area contributed by atoms with Crippen molar-refractivity contribution in [3.05, 3.63) is 77.0 Å². The quantitative estimate of drug-likeness (QED) is 0.712. The number of benzene rings is 2. The molecule has 0 spiro atoms. The van der Waals surface area contributed by atoms with Gasteiger partial charge in [-0.05, 0) is 49.6 Å². The molecular weight excluding hydrogens is 296 g/mol. The smallest absolute Gasteiger partial charge is 0.229 e. The first-order valence-corrected chi connectivity index (χ1v) is 8.07. The van der Waals surface area contributed by atoms with Gasteiger partial charge in [-0.25, -0.2) is 4.98 Å². The van der Waals surface area contributed by atoms with Crippen molar-refractivity contribution in [2.75, 3.05) is 10.6 Å². The molecule has 4 nitrogen and oxygen atoms in total. The van der Waals surface area contributed by atoms with Crippen molar-refractivity contribution >= 4 is 17.5 Å². The van der Waals surface area contributed by atoms with Crippen LogP contribution in [0.4, 0.5) is 17.5 Å². The van der Waals surface area contributed by atoms with Gasteiger partial charge in [0.25, 0.3) is 0 Å². The van der Waals surface area contributed by atoms with Crippen molar-refractivity contribution < 1.29 is 0 Å². The molecule has 2 N–H and O–H groups in total. The Morgan fingerprint density at radius 1 is 0.875 bits per heavy atom. The van der Waals surface area contributed by atoms with Crippen LogP contribution < -0.4 is 10.6 Å². The van der Waals surface area contributed by atoms with Crippen LogP contribution in [0.3, 0.4) is 0 Å². The van der Waals surface area contributed by atoms with E-state index in [2.05, 4.69) is 83.8 Å². The van der Waals surface area contributed by atoms with E-state index in [1.165, 1.54) is 22.3 Å². The van der Waals surface area contributed by atoms with Crippen LogP contribution in [-0.2, 0) is 6.54 Å². The largest absolute Gasteiger partial charge is 0.366 e. The summed E-state index contributed by atoms with van der Waals surface area (Å²) < 4.78 is 0. The Bertz CT molecular complexity index is 825. The van der Waals surface area contributed by atoms with Gasteiger partial charge in [-0.3, -0.25) is 0 Å². The second-order valence-electron chi connectivity index (χ2n) is 6.05. The minimum atomic E-state index is 0.595. The summed E-state index contributed by atoms with van der Waals surface area (Å²) in [5.41, 5.74) is 5.90. The van der Waals surface area contributed by atoms with Crippen molar-refractivity contribution in [1.82, 2.24) is 9.97 Å². The van der Waals surface area contributed by atoms with Gasteiger partial charge >= 0.3 is 0 Å². The third-order valence-corrected chi connectivity index (χ3v) is 3.89. The van der Waals surface area contributed by atoms with Gasteiger partial charge in [0.15, 0.2) is 0 Å². The Hall–Kier alpha value is -2.88. The Labute approximate surface area is 143 Å². The Balaban J connectivity index is 1.69. The Morgan fingerprint density at radius 2 is 1.62 bits per heavy atom. The number of aromatic nitrogens is 2. The zero-order valence-electron chi connectivity index (χ0n) is 14.3. The highest BCUT2D eigenvalue weighted by Gasteiger charge is 2.03. The number of nitrogens with one attached hydrogen (secondary N) is 2.